The first kappa shape index (κ1) is 34.5. The normalized spacial score (nSPS) is 14.3. The Morgan fingerprint density at radius 3 is 2.04 bits per heavy atom. The van der Waals surface area contributed by atoms with Crippen LogP contribution in [0, 0.1) is 0 Å². The fourth-order valence-corrected chi connectivity index (χ4v) is 7.10. The minimum atomic E-state index is -5.08. The number of nitrogens with one attached hydrogen (secondary N) is 3. The number of hydrogen-bond donors (Lipinski definition) is 6. The third kappa shape index (κ3) is 7.30. The van der Waals surface area contributed by atoms with E-state index in [2.05, 4.69) is 36.1 Å². The Morgan fingerprint density at radius 2 is 1.38 bits per heavy atom. The highest BCUT2D eigenvalue weighted by Crippen LogP contribution is 2.32. The molecule has 256 valence electrons. The second-order valence-electron chi connectivity index (χ2n) is 10.3. The van der Waals surface area contributed by atoms with E-state index < -0.39 is 51.6 Å². The van der Waals surface area contributed by atoms with E-state index >= 15 is 0 Å². The quantitative estimate of drug-likeness (QED) is 0.0889. The standard InChI is InChI=1S/C29H20ClN7O10S3/c30-27-33-28(31-17-5-3-6-19(14-17)48(39,40)41)35-29(34-27)32-18-9-10-20-16(12-18)13-23(49(42,43)44)24(25(20)38)37-36-22-11-8-15-4-1-2-7-21(15)26(22)50(45,46)47/h1-14,36H,(H,39,40,41)(H,42,43,44)(H,45,46,47)(H2,31,32,33,34,35)/b37-24+. The van der Waals surface area contributed by atoms with E-state index in [9.17, 15) is 43.7 Å². The number of fused-ring (bicyclic) bond motifs is 2. The highest BCUT2D eigenvalue weighted by atomic mass is 35.5. The van der Waals surface area contributed by atoms with Crippen molar-refractivity contribution < 1.29 is 43.7 Å². The van der Waals surface area contributed by atoms with Gasteiger partial charge < -0.3 is 10.6 Å². The number of Topliss-reactive ketones (excluding diaryl/α,β-unsaturated/α-hetero) is 1. The fourth-order valence-electron chi connectivity index (χ4n) is 4.90. The van der Waals surface area contributed by atoms with E-state index in [1.165, 1.54) is 60.7 Å². The molecule has 0 spiro atoms. The maximum Gasteiger partial charge on any atom is 0.297 e. The Bertz CT molecular complexity index is 2650. The van der Waals surface area contributed by atoms with Crippen LogP contribution in [0.15, 0.2) is 98.7 Å². The molecule has 0 bridgehead atoms. The Balaban J connectivity index is 1.32. The van der Waals surface area contributed by atoms with Crippen molar-refractivity contribution in [1.82, 2.24) is 15.0 Å². The van der Waals surface area contributed by atoms with Gasteiger partial charge in [0.15, 0.2) is 5.71 Å². The smallest absolute Gasteiger partial charge is 0.297 e. The molecule has 0 aliphatic heterocycles. The van der Waals surface area contributed by atoms with Crippen molar-refractivity contribution in [2.45, 2.75) is 9.79 Å². The molecule has 1 aliphatic rings. The van der Waals surface area contributed by atoms with Crippen LogP contribution >= 0.6 is 11.6 Å². The molecule has 21 heteroatoms. The van der Waals surface area contributed by atoms with E-state index in [1.807, 2.05) is 0 Å². The van der Waals surface area contributed by atoms with E-state index in [4.69, 9.17) is 11.6 Å². The lowest BCUT2D eigenvalue weighted by Crippen LogP contribution is -2.27. The maximum atomic E-state index is 13.5. The number of allylic oxidation sites excluding steroid dienone is 1. The van der Waals surface area contributed by atoms with Gasteiger partial charge in [-0.25, -0.2) is 0 Å². The molecule has 6 N–H and O–H groups in total. The SMILES string of the molecule is O=C1/C(=N/Nc2ccc3ccccc3c2S(=O)(=O)O)C(S(=O)(=O)O)=Cc2cc(Nc3nc(Cl)nc(Nc4cccc(S(=O)(=O)O)c4)n3)ccc21. The molecule has 1 aromatic heterocycles. The van der Waals surface area contributed by atoms with Crippen LogP contribution in [0.4, 0.5) is 29.0 Å². The van der Waals surface area contributed by atoms with Gasteiger partial charge in [-0.1, -0.05) is 36.4 Å². The number of rotatable bonds is 9. The third-order valence-corrected chi connectivity index (χ3v) is 9.83. The van der Waals surface area contributed by atoms with Crippen LogP contribution in [-0.2, 0) is 30.4 Å². The zero-order chi connectivity index (χ0) is 36.0. The lowest BCUT2D eigenvalue weighted by atomic mass is 9.94. The fraction of sp³-hybridized carbons (Fsp3) is 0. The van der Waals surface area contributed by atoms with Crippen molar-refractivity contribution in [3.63, 3.8) is 0 Å². The van der Waals surface area contributed by atoms with Gasteiger partial charge >= 0.3 is 0 Å². The number of halogens is 1. The molecule has 1 aliphatic carbocycles. The lowest BCUT2D eigenvalue weighted by molar-refractivity contribution is 0.106. The zero-order valence-electron chi connectivity index (χ0n) is 24.7. The summed E-state index contributed by atoms with van der Waals surface area (Å²) in [4.78, 5) is 23.7. The molecule has 0 fully saturated rings. The van der Waals surface area contributed by atoms with Crippen LogP contribution in [0.5, 0.6) is 0 Å². The average Bonchev–Trinajstić information content (AvgIpc) is 3.02. The van der Waals surface area contributed by atoms with Crippen molar-refractivity contribution in [1.29, 1.82) is 0 Å². The summed E-state index contributed by atoms with van der Waals surface area (Å²) >= 11 is 6.05. The first-order valence-electron chi connectivity index (χ1n) is 13.7. The van der Waals surface area contributed by atoms with Gasteiger partial charge in [-0.15, -0.1) is 0 Å². The van der Waals surface area contributed by atoms with Gasteiger partial charge in [0.2, 0.25) is 23.0 Å². The molecule has 5 aromatic rings. The summed E-state index contributed by atoms with van der Waals surface area (Å²) in [6, 6.07) is 18.2. The summed E-state index contributed by atoms with van der Waals surface area (Å²) < 4.78 is 102. The molecule has 0 saturated heterocycles. The molecule has 0 unspecified atom stereocenters. The molecule has 0 saturated carbocycles. The summed E-state index contributed by atoms with van der Waals surface area (Å²) in [7, 11) is -14.4. The molecular formula is C29H20ClN7O10S3. The molecule has 17 nitrogen and oxygen atoms in total. The number of nitrogens with zero attached hydrogens (tertiary/aromatic N) is 4. The van der Waals surface area contributed by atoms with Crippen molar-refractivity contribution in [3.8, 4) is 0 Å². The maximum absolute atomic E-state index is 13.5. The number of ketones is 1. The number of benzene rings is 4. The van der Waals surface area contributed by atoms with Gasteiger partial charge in [0.05, 0.1) is 10.6 Å². The molecule has 0 atom stereocenters. The third-order valence-electron chi connectivity index (χ3n) is 6.99. The van der Waals surface area contributed by atoms with Crippen LogP contribution in [0.2, 0.25) is 5.28 Å². The van der Waals surface area contributed by atoms with Gasteiger partial charge in [0.1, 0.15) is 9.80 Å². The highest BCUT2D eigenvalue weighted by molar-refractivity contribution is 7.91. The van der Waals surface area contributed by atoms with Crippen LogP contribution in [0.3, 0.4) is 0 Å². The number of hydrogen-bond acceptors (Lipinski definition) is 14. The minimum Gasteiger partial charge on any atom is -0.324 e. The van der Waals surface area contributed by atoms with E-state index in [-0.39, 0.29) is 55.7 Å². The Kier molecular flexibility index (Phi) is 8.86. The molecule has 0 amide bonds. The number of hydrazone groups is 1. The monoisotopic (exact) mass is 757 g/mol. The van der Waals surface area contributed by atoms with Gasteiger partial charge in [-0.05, 0) is 71.1 Å². The van der Waals surface area contributed by atoms with Crippen molar-refractivity contribution in [2.75, 3.05) is 16.1 Å². The van der Waals surface area contributed by atoms with Crippen molar-refractivity contribution in [2.24, 2.45) is 5.10 Å². The zero-order valence-corrected chi connectivity index (χ0v) is 27.9. The summed E-state index contributed by atoms with van der Waals surface area (Å²) in [5.41, 5.74) is 1.68. The Labute approximate surface area is 288 Å². The number of anilines is 5. The molecule has 1 heterocycles. The van der Waals surface area contributed by atoms with E-state index in [0.29, 0.717) is 5.39 Å². The van der Waals surface area contributed by atoms with Crippen molar-refractivity contribution in [3.05, 3.63) is 100 Å². The highest BCUT2D eigenvalue weighted by Gasteiger charge is 2.33. The van der Waals surface area contributed by atoms with E-state index in [1.54, 1.807) is 12.1 Å². The van der Waals surface area contributed by atoms with Gasteiger partial charge in [-0.2, -0.15) is 45.3 Å². The average molecular weight is 758 g/mol. The molecule has 4 aromatic carbocycles. The van der Waals surface area contributed by atoms with Gasteiger partial charge in [0, 0.05) is 22.3 Å². The van der Waals surface area contributed by atoms with E-state index in [0.717, 1.165) is 12.1 Å². The predicted octanol–water partition coefficient (Wildman–Crippen LogP) is 4.55. The summed E-state index contributed by atoms with van der Waals surface area (Å²) in [6.07, 6.45) is 0.970. The number of carbonyl (C=O) groups excluding carboxylic acids is 1. The van der Waals surface area contributed by atoms with Crippen LogP contribution in [0.25, 0.3) is 16.8 Å². The first-order valence-corrected chi connectivity index (χ1v) is 18.4. The summed E-state index contributed by atoms with van der Waals surface area (Å²) in [6.45, 7) is 0. The number of carbonyl (C=O) groups is 1. The second-order valence-corrected chi connectivity index (χ2v) is 14.8. The number of aromatic nitrogens is 3. The molecular weight excluding hydrogens is 738 g/mol. The minimum absolute atomic E-state index is 0.0245. The van der Waals surface area contributed by atoms with Gasteiger partial charge in [0.25, 0.3) is 30.4 Å². The largest absolute Gasteiger partial charge is 0.324 e. The molecule has 50 heavy (non-hydrogen) atoms. The van der Waals surface area contributed by atoms with Crippen LogP contribution < -0.4 is 16.1 Å². The van der Waals surface area contributed by atoms with Crippen LogP contribution in [0.1, 0.15) is 15.9 Å². The summed E-state index contributed by atoms with van der Waals surface area (Å²) in [5, 5.41) is 9.70. The van der Waals surface area contributed by atoms with Crippen molar-refractivity contribution >= 4 is 99.3 Å². The lowest BCUT2D eigenvalue weighted by Gasteiger charge is -2.18. The van der Waals surface area contributed by atoms with Gasteiger partial charge in [-0.3, -0.25) is 23.9 Å². The predicted molar refractivity (Wildman–Crippen MR) is 183 cm³/mol. The topological polar surface area (TPSA) is 267 Å². The summed E-state index contributed by atoms with van der Waals surface area (Å²) in [5.74, 6) is -1.21. The second kappa shape index (κ2) is 12.8. The molecule has 0 radical (unpaired) electrons. The Hall–Kier alpha value is -5.35. The molecule has 6 rings (SSSR count). The first-order chi connectivity index (χ1) is 23.5. The Morgan fingerprint density at radius 1 is 0.700 bits per heavy atom. The van der Waals surface area contributed by atoms with Crippen LogP contribution in [-0.4, -0.2) is 65.4 Å².